The third kappa shape index (κ3) is 4.24. The lowest BCUT2D eigenvalue weighted by molar-refractivity contribution is 0.319. The van der Waals surface area contributed by atoms with Crippen LogP contribution in [0.1, 0.15) is 67.7 Å². The zero-order valence-corrected chi connectivity index (χ0v) is 17.8. The van der Waals surface area contributed by atoms with E-state index in [1.807, 2.05) is 0 Å². The van der Waals surface area contributed by atoms with Gasteiger partial charge in [0.05, 0.1) is 12.3 Å². The summed E-state index contributed by atoms with van der Waals surface area (Å²) in [4.78, 5) is 4.77. The van der Waals surface area contributed by atoms with Crippen molar-refractivity contribution in [3.63, 3.8) is 0 Å². The first-order chi connectivity index (χ1) is 14.2. The summed E-state index contributed by atoms with van der Waals surface area (Å²) in [5, 5.41) is 0. The van der Waals surface area contributed by atoms with E-state index in [1.54, 1.807) is 0 Å². The van der Waals surface area contributed by atoms with E-state index in [4.69, 9.17) is 14.1 Å². The Morgan fingerprint density at radius 3 is 2.59 bits per heavy atom. The van der Waals surface area contributed by atoms with Crippen LogP contribution in [0.3, 0.4) is 0 Å². The Kier molecular flexibility index (Phi) is 6.03. The summed E-state index contributed by atoms with van der Waals surface area (Å²) in [5.74, 6) is 3.37. The Hall–Kier alpha value is -2.55. The van der Waals surface area contributed by atoms with Gasteiger partial charge in [0.15, 0.2) is 0 Å². The number of benzene rings is 2. The maximum atomic E-state index is 6.07. The fraction of sp³-hybridized carbons (Fsp3) is 0.423. The lowest BCUT2D eigenvalue weighted by Gasteiger charge is -2.10. The topological polar surface area (TPSA) is 35.3 Å². The number of aryl methyl sites for hydroxylation is 3. The van der Waals surface area contributed by atoms with E-state index in [2.05, 4.69) is 63.2 Å². The number of aromatic nitrogens is 1. The first kappa shape index (κ1) is 19.8. The maximum absolute atomic E-state index is 6.07. The second kappa shape index (κ2) is 8.86. The first-order valence-electron chi connectivity index (χ1n) is 11.0. The van der Waals surface area contributed by atoms with Crippen molar-refractivity contribution in [2.45, 2.75) is 65.2 Å². The van der Waals surface area contributed by atoms with Crippen molar-refractivity contribution in [1.82, 2.24) is 4.98 Å². The molecule has 0 fully saturated rings. The van der Waals surface area contributed by atoms with E-state index in [9.17, 15) is 0 Å². The predicted octanol–water partition coefficient (Wildman–Crippen LogP) is 6.53. The monoisotopic (exact) mass is 389 g/mol. The van der Waals surface area contributed by atoms with Gasteiger partial charge in [0.1, 0.15) is 11.5 Å². The lowest BCUT2D eigenvalue weighted by Crippen LogP contribution is -2.04. The Morgan fingerprint density at radius 1 is 1.03 bits per heavy atom. The molecule has 2 aromatic carbocycles. The van der Waals surface area contributed by atoms with Crippen LogP contribution >= 0.6 is 0 Å². The van der Waals surface area contributed by atoms with Gasteiger partial charge in [-0.05, 0) is 72.6 Å². The number of fused-ring (bicyclic) bond motifs is 1. The van der Waals surface area contributed by atoms with Crippen molar-refractivity contribution in [2.24, 2.45) is 0 Å². The Labute approximate surface area is 174 Å². The van der Waals surface area contributed by atoms with Crippen molar-refractivity contribution in [2.75, 3.05) is 6.61 Å². The SMILES string of the molecule is CCc1ccc(-c2nc(CCOc3ccc4c(c3)CC[C@H]4CC)c(CC)o2)cc1. The highest BCUT2D eigenvalue weighted by atomic mass is 16.5. The van der Waals surface area contributed by atoms with Gasteiger partial charge in [0.25, 0.3) is 0 Å². The Morgan fingerprint density at radius 2 is 1.86 bits per heavy atom. The molecule has 3 nitrogen and oxygen atoms in total. The summed E-state index contributed by atoms with van der Waals surface area (Å²) in [7, 11) is 0. The smallest absolute Gasteiger partial charge is 0.226 e. The van der Waals surface area contributed by atoms with Gasteiger partial charge in [-0.2, -0.15) is 0 Å². The maximum Gasteiger partial charge on any atom is 0.226 e. The van der Waals surface area contributed by atoms with Gasteiger partial charge in [0, 0.05) is 18.4 Å². The van der Waals surface area contributed by atoms with Crippen molar-refractivity contribution in [1.29, 1.82) is 0 Å². The van der Waals surface area contributed by atoms with Crippen LogP contribution in [0, 0.1) is 0 Å². The molecule has 0 N–H and O–H groups in total. The van der Waals surface area contributed by atoms with Crippen molar-refractivity contribution in [3.8, 4) is 17.2 Å². The molecule has 1 heterocycles. The van der Waals surface area contributed by atoms with Crippen molar-refractivity contribution in [3.05, 3.63) is 70.6 Å². The molecule has 4 rings (SSSR count). The molecule has 1 aliphatic rings. The minimum Gasteiger partial charge on any atom is -0.493 e. The quantitative estimate of drug-likeness (QED) is 0.439. The molecule has 0 saturated carbocycles. The fourth-order valence-corrected chi connectivity index (χ4v) is 4.32. The highest BCUT2D eigenvalue weighted by Crippen LogP contribution is 2.37. The molecular weight excluding hydrogens is 358 g/mol. The van der Waals surface area contributed by atoms with Crippen LogP contribution in [-0.2, 0) is 25.7 Å². The summed E-state index contributed by atoms with van der Waals surface area (Å²) in [5.41, 5.74) is 6.35. The standard InChI is InChI=1S/C26H31NO2/c1-4-18-7-9-20(10-8-18)26-27-24(25(6-3)29-26)15-16-28-22-13-14-23-19(5-2)11-12-21(23)17-22/h7-10,13-14,17,19H,4-6,11-12,15-16H2,1-3H3/t19-/m1/s1. The number of hydrogen-bond donors (Lipinski definition) is 0. The molecule has 0 bridgehead atoms. The summed E-state index contributed by atoms with van der Waals surface area (Å²) in [6, 6.07) is 15.1. The van der Waals surface area contributed by atoms with Crippen LogP contribution < -0.4 is 4.74 Å². The minimum absolute atomic E-state index is 0.615. The molecule has 0 spiro atoms. The van der Waals surface area contributed by atoms with E-state index in [1.165, 1.54) is 36.0 Å². The molecule has 0 saturated heterocycles. The van der Waals surface area contributed by atoms with E-state index in [-0.39, 0.29) is 0 Å². The molecule has 1 atom stereocenters. The predicted molar refractivity (Wildman–Crippen MR) is 118 cm³/mol. The van der Waals surface area contributed by atoms with Crippen LogP contribution in [0.2, 0.25) is 0 Å². The van der Waals surface area contributed by atoms with Gasteiger partial charge in [-0.1, -0.05) is 39.0 Å². The van der Waals surface area contributed by atoms with Crippen LogP contribution in [-0.4, -0.2) is 11.6 Å². The molecule has 1 aromatic heterocycles. The van der Waals surface area contributed by atoms with Gasteiger partial charge in [-0.15, -0.1) is 0 Å². The number of oxazole rings is 1. The molecule has 1 aliphatic carbocycles. The van der Waals surface area contributed by atoms with E-state index in [0.29, 0.717) is 12.5 Å². The zero-order chi connectivity index (χ0) is 20.2. The Bertz CT molecular complexity index is 955. The van der Waals surface area contributed by atoms with E-state index >= 15 is 0 Å². The third-order valence-electron chi connectivity index (χ3n) is 6.13. The summed E-state index contributed by atoms with van der Waals surface area (Å²) < 4.78 is 12.1. The average molecular weight is 390 g/mol. The number of rotatable bonds is 8. The molecular formula is C26H31NO2. The van der Waals surface area contributed by atoms with Crippen molar-refractivity contribution >= 4 is 0 Å². The first-order valence-corrected chi connectivity index (χ1v) is 11.0. The Balaban J connectivity index is 1.41. The fourth-order valence-electron chi connectivity index (χ4n) is 4.32. The average Bonchev–Trinajstić information content (AvgIpc) is 3.37. The molecule has 3 heteroatoms. The van der Waals surface area contributed by atoms with Gasteiger partial charge in [-0.3, -0.25) is 0 Å². The second-order valence-corrected chi connectivity index (χ2v) is 7.90. The minimum atomic E-state index is 0.615. The van der Waals surface area contributed by atoms with Crippen LogP contribution in [0.25, 0.3) is 11.5 Å². The van der Waals surface area contributed by atoms with E-state index in [0.717, 1.165) is 47.9 Å². The summed E-state index contributed by atoms with van der Waals surface area (Å²) in [6.45, 7) is 7.17. The van der Waals surface area contributed by atoms with Crippen LogP contribution in [0.15, 0.2) is 46.9 Å². The molecule has 152 valence electrons. The van der Waals surface area contributed by atoms with Gasteiger partial charge < -0.3 is 9.15 Å². The zero-order valence-electron chi connectivity index (χ0n) is 17.8. The molecule has 0 radical (unpaired) electrons. The molecule has 3 aromatic rings. The highest BCUT2D eigenvalue weighted by Gasteiger charge is 2.21. The normalized spacial score (nSPS) is 15.5. The summed E-state index contributed by atoms with van der Waals surface area (Å²) in [6.07, 6.45) is 6.31. The van der Waals surface area contributed by atoms with Crippen molar-refractivity contribution < 1.29 is 9.15 Å². The molecule has 0 unspecified atom stereocenters. The van der Waals surface area contributed by atoms with Gasteiger partial charge in [-0.25, -0.2) is 4.98 Å². The number of ether oxygens (including phenoxy) is 1. The highest BCUT2D eigenvalue weighted by molar-refractivity contribution is 5.54. The molecule has 0 amide bonds. The largest absolute Gasteiger partial charge is 0.493 e. The second-order valence-electron chi connectivity index (χ2n) is 7.90. The third-order valence-corrected chi connectivity index (χ3v) is 6.13. The number of hydrogen-bond acceptors (Lipinski definition) is 3. The van der Waals surface area contributed by atoms with Gasteiger partial charge >= 0.3 is 0 Å². The number of nitrogens with zero attached hydrogens (tertiary/aromatic N) is 1. The molecule has 29 heavy (non-hydrogen) atoms. The van der Waals surface area contributed by atoms with E-state index < -0.39 is 0 Å². The summed E-state index contributed by atoms with van der Waals surface area (Å²) >= 11 is 0. The lowest BCUT2D eigenvalue weighted by atomic mass is 9.99. The molecule has 0 aliphatic heterocycles. The van der Waals surface area contributed by atoms with Gasteiger partial charge in [0.2, 0.25) is 5.89 Å². The van der Waals surface area contributed by atoms with Crippen LogP contribution in [0.4, 0.5) is 0 Å². The van der Waals surface area contributed by atoms with Crippen LogP contribution in [0.5, 0.6) is 5.75 Å².